The van der Waals surface area contributed by atoms with Crippen LogP contribution >= 0.6 is 15.9 Å². The van der Waals surface area contributed by atoms with Gasteiger partial charge < -0.3 is 10.6 Å². The van der Waals surface area contributed by atoms with Crippen molar-refractivity contribution in [1.29, 1.82) is 0 Å². The average Bonchev–Trinajstić information content (AvgIpc) is 3.23. The number of nitrogens with two attached hydrogens (primary N) is 1. The van der Waals surface area contributed by atoms with Crippen LogP contribution in [-0.4, -0.2) is 28.9 Å². The molecule has 0 radical (unpaired) electrons. The van der Waals surface area contributed by atoms with Crippen molar-refractivity contribution in [2.75, 3.05) is 18.0 Å². The first-order valence-corrected chi connectivity index (χ1v) is 8.11. The van der Waals surface area contributed by atoms with Crippen molar-refractivity contribution < 1.29 is 0 Å². The van der Waals surface area contributed by atoms with Crippen molar-refractivity contribution in [3.05, 3.63) is 21.0 Å². The smallest absolute Gasteiger partial charge is 0.283 e. The van der Waals surface area contributed by atoms with Crippen molar-refractivity contribution in [1.82, 2.24) is 9.78 Å². The zero-order chi connectivity index (χ0) is 14.3. The number of rotatable bonds is 3. The molecule has 110 valence electrons. The van der Waals surface area contributed by atoms with Crippen molar-refractivity contribution in [2.24, 2.45) is 17.6 Å². The molecule has 0 amide bonds. The molecule has 0 bridgehead atoms. The molecular formula is C14H21BrN4O. The average molecular weight is 341 g/mol. The van der Waals surface area contributed by atoms with Gasteiger partial charge in [-0.15, -0.1) is 0 Å². The Bertz CT molecular complexity index is 555. The molecular weight excluding hydrogens is 320 g/mol. The Hall–Kier alpha value is -0.880. The topological polar surface area (TPSA) is 64.2 Å². The van der Waals surface area contributed by atoms with Gasteiger partial charge in [-0.1, -0.05) is 6.92 Å². The van der Waals surface area contributed by atoms with E-state index in [2.05, 4.69) is 32.9 Å². The van der Waals surface area contributed by atoms with Gasteiger partial charge in [0.05, 0.1) is 11.9 Å². The molecule has 1 aromatic rings. The molecule has 1 saturated heterocycles. The van der Waals surface area contributed by atoms with Crippen molar-refractivity contribution >= 4 is 21.6 Å². The SMILES string of the molecule is CC1CN(c2cnn(CC3CC3)c(=O)c2Br)CCC1N. The lowest BCUT2D eigenvalue weighted by Gasteiger charge is -2.36. The van der Waals surface area contributed by atoms with Crippen LogP contribution < -0.4 is 16.2 Å². The summed E-state index contributed by atoms with van der Waals surface area (Å²) in [7, 11) is 0. The highest BCUT2D eigenvalue weighted by Crippen LogP contribution is 2.31. The van der Waals surface area contributed by atoms with E-state index >= 15 is 0 Å². The number of anilines is 1. The van der Waals surface area contributed by atoms with Gasteiger partial charge in [0.2, 0.25) is 0 Å². The highest BCUT2D eigenvalue weighted by molar-refractivity contribution is 9.10. The van der Waals surface area contributed by atoms with Crippen LogP contribution in [0.25, 0.3) is 0 Å². The summed E-state index contributed by atoms with van der Waals surface area (Å²) < 4.78 is 2.22. The van der Waals surface area contributed by atoms with Crippen LogP contribution in [0, 0.1) is 11.8 Å². The lowest BCUT2D eigenvalue weighted by atomic mass is 9.94. The van der Waals surface area contributed by atoms with E-state index in [9.17, 15) is 4.79 Å². The lowest BCUT2D eigenvalue weighted by molar-refractivity contribution is 0.382. The fraction of sp³-hybridized carbons (Fsp3) is 0.714. The van der Waals surface area contributed by atoms with Crippen LogP contribution in [0.5, 0.6) is 0 Å². The molecule has 1 saturated carbocycles. The second kappa shape index (κ2) is 5.48. The zero-order valence-corrected chi connectivity index (χ0v) is 13.3. The van der Waals surface area contributed by atoms with Crippen LogP contribution in [0.2, 0.25) is 0 Å². The molecule has 0 aromatic carbocycles. The number of nitrogens with zero attached hydrogens (tertiary/aromatic N) is 3. The standard InChI is InChI=1S/C14H21BrN4O/c1-9-7-18(5-4-11(9)16)12-6-17-19(8-10-2-3-10)14(20)13(12)15/h6,9-11H,2-5,7-8,16H2,1H3. The number of piperidine rings is 1. The molecule has 0 spiro atoms. The van der Waals surface area contributed by atoms with E-state index in [0.717, 1.165) is 31.7 Å². The Kier molecular flexibility index (Phi) is 3.86. The minimum absolute atomic E-state index is 0.0167. The summed E-state index contributed by atoms with van der Waals surface area (Å²) in [6, 6.07) is 0.258. The molecule has 1 aliphatic heterocycles. The fourth-order valence-electron chi connectivity index (χ4n) is 2.73. The molecule has 2 fully saturated rings. The Morgan fingerprint density at radius 1 is 1.45 bits per heavy atom. The maximum atomic E-state index is 12.3. The van der Waals surface area contributed by atoms with E-state index in [0.29, 0.717) is 16.3 Å². The number of hydrogen-bond acceptors (Lipinski definition) is 4. The molecule has 2 aliphatic rings. The van der Waals surface area contributed by atoms with Crippen molar-refractivity contribution in [3.8, 4) is 0 Å². The largest absolute Gasteiger partial charge is 0.369 e. The van der Waals surface area contributed by atoms with Gasteiger partial charge in [-0.2, -0.15) is 5.10 Å². The summed E-state index contributed by atoms with van der Waals surface area (Å²) in [6.45, 7) is 4.68. The van der Waals surface area contributed by atoms with E-state index in [1.54, 1.807) is 4.68 Å². The molecule has 1 aliphatic carbocycles. The monoisotopic (exact) mass is 340 g/mol. The third-order valence-electron chi connectivity index (χ3n) is 4.41. The van der Waals surface area contributed by atoms with E-state index in [1.165, 1.54) is 12.8 Å². The second-order valence-corrected chi connectivity index (χ2v) is 6.94. The van der Waals surface area contributed by atoms with Gasteiger partial charge in [-0.3, -0.25) is 4.79 Å². The molecule has 2 N–H and O–H groups in total. The maximum Gasteiger partial charge on any atom is 0.283 e. The van der Waals surface area contributed by atoms with Gasteiger partial charge in [0.1, 0.15) is 4.47 Å². The molecule has 2 atom stereocenters. The third kappa shape index (κ3) is 2.76. The van der Waals surface area contributed by atoms with Crippen LogP contribution in [0.15, 0.2) is 15.5 Å². The summed E-state index contributed by atoms with van der Waals surface area (Å²) in [6.07, 6.45) is 5.21. The first kappa shape index (κ1) is 14.1. The van der Waals surface area contributed by atoms with Crippen LogP contribution in [-0.2, 0) is 6.54 Å². The van der Waals surface area contributed by atoms with Crippen LogP contribution in [0.1, 0.15) is 26.2 Å². The van der Waals surface area contributed by atoms with Crippen molar-refractivity contribution in [2.45, 2.75) is 38.8 Å². The van der Waals surface area contributed by atoms with Crippen molar-refractivity contribution in [3.63, 3.8) is 0 Å². The summed E-state index contributed by atoms with van der Waals surface area (Å²) in [5.74, 6) is 1.08. The predicted molar refractivity (Wildman–Crippen MR) is 82.9 cm³/mol. The van der Waals surface area contributed by atoms with Crippen LogP contribution in [0.4, 0.5) is 5.69 Å². The zero-order valence-electron chi connectivity index (χ0n) is 11.8. The highest BCUT2D eigenvalue weighted by atomic mass is 79.9. The van der Waals surface area contributed by atoms with Crippen LogP contribution in [0.3, 0.4) is 0 Å². The van der Waals surface area contributed by atoms with Gasteiger partial charge >= 0.3 is 0 Å². The summed E-state index contributed by atoms with van der Waals surface area (Å²) in [4.78, 5) is 14.6. The number of halogens is 1. The second-order valence-electron chi connectivity index (χ2n) is 6.15. The Labute approximate surface area is 127 Å². The first-order chi connectivity index (χ1) is 9.56. The predicted octanol–water partition coefficient (Wildman–Crippen LogP) is 1.59. The molecule has 6 heteroatoms. The summed E-state index contributed by atoms with van der Waals surface area (Å²) in [5.41, 5.74) is 6.94. The molecule has 2 heterocycles. The Balaban J connectivity index is 1.83. The minimum atomic E-state index is -0.0167. The van der Waals surface area contributed by atoms with E-state index in [4.69, 9.17) is 5.73 Å². The van der Waals surface area contributed by atoms with Gasteiger partial charge in [-0.05, 0) is 47.0 Å². The van der Waals surface area contributed by atoms with E-state index in [1.807, 2.05) is 6.20 Å². The fourth-order valence-corrected chi connectivity index (χ4v) is 3.29. The van der Waals surface area contributed by atoms with Gasteiger partial charge in [0, 0.05) is 25.7 Å². The third-order valence-corrected chi connectivity index (χ3v) is 5.15. The Morgan fingerprint density at radius 2 is 2.20 bits per heavy atom. The quantitative estimate of drug-likeness (QED) is 0.907. The van der Waals surface area contributed by atoms with Gasteiger partial charge in [-0.25, -0.2) is 4.68 Å². The number of aromatic nitrogens is 2. The van der Waals surface area contributed by atoms with E-state index < -0.39 is 0 Å². The van der Waals surface area contributed by atoms with Gasteiger partial charge in [0.15, 0.2) is 0 Å². The molecule has 2 unspecified atom stereocenters. The Morgan fingerprint density at radius 3 is 2.85 bits per heavy atom. The molecule has 1 aromatic heterocycles. The highest BCUT2D eigenvalue weighted by Gasteiger charge is 2.27. The van der Waals surface area contributed by atoms with E-state index in [-0.39, 0.29) is 11.6 Å². The lowest BCUT2D eigenvalue weighted by Crippen LogP contribution is -2.46. The van der Waals surface area contributed by atoms with Gasteiger partial charge in [0.25, 0.3) is 5.56 Å². The number of hydrogen-bond donors (Lipinski definition) is 1. The first-order valence-electron chi connectivity index (χ1n) is 7.32. The summed E-state index contributed by atoms with van der Waals surface area (Å²) in [5, 5.41) is 4.34. The summed E-state index contributed by atoms with van der Waals surface area (Å²) >= 11 is 3.47. The molecule has 20 heavy (non-hydrogen) atoms. The molecule has 5 nitrogen and oxygen atoms in total. The maximum absolute atomic E-state index is 12.3. The molecule has 3 rings (SSSR count). The minimum Gasteiger partial charge on any atom is -0.369 e. The normalized spacial score (nSPS) is 26.9.